The van der Waals surface area contributed by atoms with Crippen LogP contribution in [0.4, 0.5) is 11.4 Å². The molecule has 7 heteroatoms. The molecule has 0 atom stereocenters. The van der Waals surface area contributed by atoms with E-state index in [0.717, 1.165) is 17.1 Å². The van der Waals surface area contributed by atoms with Gasteiger partial charge >= 0.3 is 0 Å². The summed E-state index contributed by atoms with van der Waals surface area (Å²) in [5.41, 5.74) is 2.67. The first-order valence-corrected chi connectivity index (χ1v) is 6.73. The van der Waals surface area contributed by atoms with Gasteiger partial charge in [-0.15, -0.1) is 5.11 Å². The predicted molar refractivity (Wildman–Crippen MR) is 82.5 cm³/mol. The van der Waals surface area contributed by atoms with E-state index in [1.807, 2.05) is 19.9 Å². The van der Waals surface area contributed by atoms with Crippen molar-refractivity contribution in [3.05, 3.63) is 52.1 Å². The molecular weight excluding hydrogens is 282 g/mol. The molecule has 112 valence electrons. The number of fused-ring (bicyclic) bond motifs is 1. The smallest absolute Gasteiger partial charge is 0.294 e. The Balaban J connectivity index is 2.04. The molecule has 0 amide bonds. The molecule has 0 spiro atoms. The Labute approximate surface area is 126 Å². The maximum absolute atomic E-state index is 12.0. The van der Waals surface area contributed by atoms with Crippen molar-refractivity contribution in [2.24, 2.45) is 10.2 Å². The normalized spacial score (nSPS) is 11.4. The average molecular weight is 297 g/mol. The van der Waals surface area contributed by atoms with E-state index in [0.29, 0.717) is 11.3 Å². The van der Waals surface area contributed by atoms with Crippen LogP contribution < -0.4 is 10.3 Å². The van der Waals surface area contributed by atoms with E-state index in [2.05, 4.69) is 20.3 Å². The minimum absolute atomic E-state index is 0.197. The summed E-state index contributed by atoms with van der Waals surface area (Å²) in [7, 11) is 1.60. The second-order valence-electron chi connectivity index (χ2n) is 4.89. The summed E-state index contributed by atoms with van der Waals surface area (Å²) in [4.78, 5) is 16.4. The number of aryl methyl sites for hydroxylation is 2. The van der Waals surface area contributed by atoms with E-state index in [1.165, 1.54) is 0 Å². The van der Waals surface area contributed by atoms with Crippen molar-refractivity contribution in [3.8, 4) is 5.75 Å². The number of nitrogens with zero attached hydrogens (tertiary/aromatic N) is 4. The van der Waals surface area contributed by atoms with Gasteiger partial charge < -0.3 is 4.74 Å². The summed E-state index contributed by atoms with van der Waals surface area (Å²) in [6.45, 7) is 3.76. The van der Waals surface area contributed by atoms with Gasteiger partial charge in [-0.3, -0.25) is 9.89 Å². The minimum atomic E-state index is -0.321. The van der Waals surface area contributed by atoms with E-state index in [-0.39, 0.29) is 11.2 Å². The van der Waals surface area contributed by atoms with Gasteiger partial charge in [-0.05, 0) is 44.2 Å². The van der Waals surface area contributed by atoms with Gasteiger partial charge in [-0.2, -0.15) is 5.11 Å². The lowest BCUT2D eigenvalue weighted by atomic mass is 10.3. The molecule has 3 aromatic rings. The number of nitrogens with one attached hydrogen (secondary N) is 1. The molecule has 0 aliphatic carbocycles. The number of benzene rings is 1. The van der Waals surface area contributed by atoms with Gasteiger partial charge in [0, 0.05) is 11.4 Å². The molecule has 3 rings (SSSR count). The predicted octanol–water partition coefficient (Wildman–Crippen LogP) is 3.06. The molecule has 0 bridgehead atoms. The number of aromatic amines is 1. The lowest BCUT2D eigenvalue weighted by Gasteiger charge is -2.00. The molecular formula is C15H15N5O2. The molecule has 1 aromatic carbocycles. The van der Waals surface area contributed by atoms with E-state index in [1.54, 1.807) is 35.9 Å². The molecule has 1 N–H and O–H groups in total. The van der Waals surface area contributed by atoms with Crippen LogP contribution in [0.1, 0.15) is 11.4 Å². The molecule has 0 radical (unpaired) electrons. The highest BCUT2D eigenvalue weighted by atomic mass is 16.5. The number of H-pyrrole nitrogens is 1. The summed E-state index contributed by atoms with van der Waals surface area (Å²) in [5.74, 6) is 0.735. The van der Waals surface area contributed by atoms with Crippen molar-refractivity contribution in [1.82, 2.24) is 14.6 Å². The van der Waals surface area contributed by atoms with Crippen LogP contribution in [0.5, 0.6) is 5.75 Å². The number of hydrogen-bond donors (Lipinski definition) is 1. The number of ether oxygens (including phenoxy) is 1. The van der Waals surface area contributed by atoms with Gasteiger partial charge in [-0.1, -0.05) is 0 Å². The van der Waals surface area contributed by atoms with Crippen LogP contribution in [-0.2, 0) is 0 Å². The molecule has 0 saturated carbocycles. The van der Waals surface area contributed by atoms with Crippen LogP contribution >= 0.6 is 0 Å². The van der Waals surface area contributed by atoms with Crippen LogP contribution in [0.3, 0.4) is 0 Å². The summed E-state index contributed by atoms with van der Waals surface area (Å²) >= 11 is 0. The number of azo groups is 1. The van der Waals surface area contributed by atoms with Crippen LogP contribution in [0.25, 0.3) is 5.65 Å². The summed E-state index contributed by atoms with van der Waals surface area (Å²) in [6.07, 6.45) is 0. The van der Waals surface area contributed by atoms with Crippen LogP contribution in [0.2, 0.25) is 0 Å². The van der Waals surface area contributed by atoms with E-state index in [9.17, 15) is 4.79 Å². The van der Waals surface area contributed by atoms with Gasteiger partial charge in [0.25, 0.3) is 5.56 Å². The highest BCUT2D eigenvalue weighted by Crippen LogP contribution is 2.21. The molecule has 0 unspecified atom stereocenters. The summed E-state index contributed by atoms with van der Waals surface area (Å²) in [6, 6.07) is 8.97. The third-order valence-electron chi connectivity index (χ3n) is 3.24. The zero-order valence-corrected chi connectivity index (χ0v) is 12.5. The topological polar surface area (TPSA) is 84.1 Å². The van der Waals surface area contributed by atoms with Crippen molar-refractivity contribution in [3.63, 3.8) is 0 Å². The lowest BCUT2D eigenvalue weighted by molar-refractivity contribution is 0.415. The van der Waals surface area contributed by atoms with Crippen molar-refractivity contribution < 1.29 is 4.74 Å². The lowest BCUT2D eigenvalue weighted by Crippen LogP contribution is -2.02. The Morgan fingerprint density at radius 1 is 1.18 bits per heavy atom. The van der Waals surface area contributed by atoms with Crippen molar-refractivity contribution in [2.75, 3.05) is 7.11 Å². The molecule has 2 heterocycles. The monoisotopic (exact) mass is 297 g/mol. The number of hydrogen-bond acceptors (Lipinski definition) is 5. The van der Waals surface area contributed by atoms with E-state index >= 15 is 0 Å². The fraction of sp³-hybridized carbons (Fsp3) is 0.200. The molecule has 2 aromatic heterocycles. The molecule has 0 aliphatic rings. The maximum Gasteiger partial charge on any atom is 0.294 e. The van der Waals surface area contributed by atoms with Gasteiger partial charge in [0.15, 0.2) is 11.3 Å². The zero-order chi connectivity index (χ0) is 15.7. The van der Waals surface area contributed by atoms with Crippen molar-refractivity contribution >= 4 is 17.0 Å². The Bertz CT molecular complexity index is 906. The second kappa shape index (κ2) is 5.44. The van der Waals surface area contributed by atoms with Crippen LogP contribution in [0.15, 0.2) is 45.4 Å². The average Bonchev–Trinajstić information content (AvgIpc) is 2.82. The third kappa shape index (κ3) is 2.48. The number of aromatic nitrogens is 3. The Morgan fingerprint density at radius 2 is 1.91 bits per heavy atom. The molecule has 0 fully saturated rings. The quantitative estimate of drug-likeness (QED) is 0.754. The highest BCUT2D eigenvalue weighted by Gasteiger charge is 2.11. The Kier molecular flexibility index (Phi) is 3.46. The SMILES string of the molecule is COc1ccc(N=Nc2c(=O)[nH]n3c(C)cc(C)nc23)cc1. The van der Waals surface area contributed by atoms with Crippen molar-refractivity contribution in [1.29, 1.82) is 0 Å². The van der Waals surface area contributed by atoms with Gasteiger partial charge in [0.2, 0.25) is 0 Å². The fourth-order valence-corrected chi connectivity index (χ4v) is 2.19. The van der Waals surface area contributed by atoms with Crippen LogP contribution in [-0.4, -0.2) is 21.7 Å². The third-order valence-corrected chi connectivity index (χ3v) is 3.24. The molecule has 22 heavy (non-hydrogen) atoms. The first kappa shape index (κ1) is 14.0. The number of rotatable bonds is 3. The second-order valence-corrected chi connectivity index (χ2v) is 4.89. The Morgan fingerprint density at radius 3 is 2.59 bits per heavy atom. The Hall–Kier alpha value is -2.96. The van der Waals surface area contributed by atoms with Gasteiger partial charge in [0.05, 0.1) is 12.8 Å². The van der Waals surface area contributed by atoms with Gasteiger partial charge in [0.1, 0.15) is 5.75 Å². The first-order valence-electron chi connectivity index (χ1n) is 6.73. The number of methoxy groups -OCH3 is 1. The first-order chi connectivity index (χ1) is 10.6. The highest BCUT2D eigenvalue weighted by molar-refractivity contribution is 5.63. The maximum atomic E-state index is 12.0. The largest absolute Gasteiger partial charge is 0.497 e. The zero-order valence-electron chi connectivity index (χ0n) is 12.5. The van der Waals surface area contributed by atoms with E-state index < -0.39 is 0 Å². The minimum Gasteiger partial charge on any atom is -0.497 e. The standard InChI is InChI=1S/C15H15N5O2/c1-9-8-10(2)20-14(16-9)13(15(21)19-20)18-17-11-4-6-12(22-3)7-5-11/h4-8H,1-3H3,(H,19,21). The molecule has 0 saturated heterocycles. The molecule has 7 nitrogen and oxygen atoms in total. The van der Waals surface area contributed by atoms with Crippen LogP contribution in [0, 0.1) is 13.8 Å². The fourth-order valence-electron chi connectivity index (χ4n) is 2.19. The summed E-state index contributed by atoms with van der Waals surface area (Å²) in [5, 5.41) is 10.9. The van der Waals surface area contributed by atoms with E-state index in [4.69, 9.17) is 4.74 Å². The van der Waals surface area contributed by atoms with Crippen molar-refractivity contribution in [2.45, 2.75) is 13.8 Å². The molecule has 0 aliphatic heterocycles. The van der Waals surface area contributed by atoms with Gasteiger partial charge in [-0.25, -0.2) is 9.50 Å². The summed E-state index contributed by atoms with van der Waals surface area (Å²) < 4.78 is 6.69.